The van der Waals surface area contributed by atoms with E-state index in [0.29, 0.717) is 19.3 Å². The lowest BCUT2D eigenvalue weighted by Gasteiger charge is -2.31. The maximum Gasteiger partial charge on any atom is 0.362 e. The van der Waals surface area contributed by atoms with Crippen LogP contribution in [0.2, 0.25) is 0 Å². The van der Waals surface area contributed by atoms with E-state index in [1.165, 1.54) is 64.2 Å². The van der Waals surface area contributed by atoms with Crippen molar-refractivity contribution in [3.05, 3.63) is 97.2 Å². The molecule has 0 radical (unpaired) electrons. The molecule has 0 amide bonds. The monoisotopic (exact) mass is 893 g/mol. The Morgan fingerprint density at radius 2 is 0.891 bits per heavy atom. The van der Waals surface area contributed by atoms with Gasteiger partial charge >= 0.3 is 17.9 Å². The van der Waals surface area contributed by atoms with Crippen LogP contribution in [0.5, 0.6) is 0 Å². The fraction of sp³-hybridized carbons (Fsp3) is 0.661. The molecule has 8 heteroatoms. The molecule has 1 N–H and O–H groups in total. The van der Waals surface area contributed by atoms with E-state index in [1.54, 1.807) is 0 Å². The second-order valence-electron chi connectivity index (χ2n) is 17.7. The van der Waals surface area contributed by atoms with Crippen LogP contribution in [0.4, 0.5) is 0 Å². The number of ether oxygens (including phenoxy) is 3. The van der Waals surface area contributed by atoms with Crippen LogP contribution in [0.25, 0.3) is 0 Å². The predicted molar refractivity (Wildman–Crippen MR) is 270 cm³/mol. The summed E-state index contributed by atoms with van der Waals surface area (Å²) in [4.78, 5) is 37.1. The van der Waals surface area contributed by atoms with Gasteiger partial charge in [0.2, 0.25) is 0 Å². The van der Waals surface area contributed by atoms with Gasteiger partial charge in [0.1, 0.15) is 6.61 Å². The molecular weight excluding hydrogens is 799 g/mol. The molecule has 2 atom stereocenters. The normalized spacial score (nSPS) is 13.7. The number of carbonyl (C=O) groups excluding carboxylic acids is 2. The molecule has 0 aliphatic rings. The Balaban J connectivity index is 4.36. The topological polar surface area (TPSA) is 99.1 Å². The average Bonchev–Trinajstić information content (AvgIpc) is 3.26. The molecule has 0 aromatic heterocycles. The highest BCUT2D eigenvalue weighted by atomic mass is 16.6. The first kappa shape index (κ1) is 60.2. The van der Waals surface area contributed by atoms with Gasteiger partial charge in [0.15, 0.2) is 12.1 Å². The number of nitrogens with zero attached hydrogens (tertiary/aromatic N) is 1. The zero-order valence-corrected chi connectivity index (χ0v) is 41.4. The van der Waals surface area contributed by atoms with Gasteiger partial charge in [-0.3, -0.25) is 9.59 Å². The molecule has 8 nitrogen and oxygen atoms in total. The van der Waals surface area contributed by atoms with Crippen LogP contribution in [0, 0.1) is 0 Å². The summed E-state index contributed by atoms with van der Waals surface area (Å²) in [7, 11) is 5.50. The summed E-state index contributed by atoms with van der Waals surface area (Å²) in [5.41, 5.74) is 0. The molecule has 64 heavy (non-hydrogen) atoms. The van der Waals surface area contributed by atoms with Crippen molar-refractivity contribution in [2.24, 2.45) is 0 Å². The van der Waals surface area contributed by atoms with E-state index in [0.717, 1.165) is 83.5 Å². The van der Waals surface area contributed by atoms with E-state index in [4.69, 9.17) is 14.2 Å². The minimum atomic E-state index is -0.887. The Labute approximate surface area is 392 Å². The molecule has 0 bridgehead atoms. The summed E-state index contributed by atoms with van der Waals surface area (Å²) < 4.78 is 17.3. The van der Waals surface area contributed by atoms with E-state index in [1.807, 2.05) is 21.1 Å². The largest absolute Gasteiger partial charge is 0.477 e. The maximum absolute atomic E-state index is 12.8. The van der Waals surface area contributed by atoms with E-state index in [-0.39, 0.29) is 42.7 Å². The van der Waals surface area contributed by atoms with Gasteiger partial charge in [-0.25, -0.2) is 4.79 Å². The lowest BCUT2D eigenvalue weighted by atomic mass is 10.1. The number of allylic oxidation sites excluding steroid dienone is 16. The molecule has 0 aromatic rings. The van der Waals surface area contributed by atoms with Crippen LogP contribution in [-0.2, 0) is 28.6 Å². The fourth-order valence-corrected chi connectivity index (χ4v) is 6.84. The number of aliphatic carboxylic acids is 1. The van der Waals surface area contributed by atoms with Crippen LogP contribution >= 0.6 is 0 Å². The number of rotatable bonds is 44. The first-order valence-electron chi connectivity index (χ1n) is 25.3. The number of hydrogen-bond donors (Lipinski definition) is 1. The minimum Gasteiger partial charge on any atom is -0.477 e. The van der Waals surface area contributed by atoms with E-state index >= 15 is 0 Å². The van der Waals surface area contributed by atoms with Gasteiger partial charge in [0.05, 0.1) is 34.4 Å². The molecular formula is C56H94NO7+. The predicted octanol–water partition coefficient (Wildman–Crippen LogP) is 14.6. The number of esters is 2. The van der Waals surface area contributed by atoms with Crippen molar-refractivity contribution in [2.75, 3.05) is 41.0 Å². The van der Waals surface area contributed by atoms with Crippen LogP contribution in [0.3, 0.4) is 0 Å². The van der Waals surface area contributed by atoms with Gasteiger partial charge in [-0.2, -0.15) is 0 Å². The molecule has 2 unspecified atom stereocenters. The van der Waals surface area contributed by atoms with Crippen molar-refractivity contribution in [3.63, 3.8) is 0 Å². The number of carbonyl (C=O) groups is 3. The lowest BCUT2D eigenvalue weighted by molar-refractivity contribution is -0.887. The number of unbranched alkanes of at least 4 members (excludes halogenated alkanes) is 14. The van der Waals surface area contributed by atoms with Crippen LogP contribution < -0.4 is 0 Å². The number of likely N-dealkylation sites (N-methyl/N-ethyl adjacent to an activating group) is 1. The molecule has 0 saturated heterocycles. The Morgan fingerprint density at radius 1 is 0.484 bits per heavy atom. The molecule has 0 saturated carbocycles. The molecule has 0 fully saturated rings. The van der Waals surface area contributed by atoms with Gasteiger partial charge < -0.3 is 23.8 Å². The minimum absolute atomic E-state index is 0.0318. The van der Waals surface area contributed by atoms with Crippen LogP contribution in [0.15, 0.2) is 97.2 Å². The van der Waals surface area contributed by atoms with Crippen LogP contribution in [0.1, 0.15) is 187 Å². The zero-order chi connectivity index (χ0) is 47.0. The molecule has 0 heterocycles. The SMILES string of the molecule is CC/C=C/C/C=C/C/C=C/C/C=C/C/C=C/CCCCCCCCCC(=O)OCC(COCCC(C(=O)O)[N+](C)(C)C)OC(=O)CCC/C=C/C/C=C/C/C=C/CCCCCCCC. The van der Waals surface area contributed by atoms with E-state index in [2.05, 4.69) is 111 Å². The van der Waals surface area contributed by atoms with Crippen molar-refractivity contribution < 1.29 is 38.2 Å². The number of carboxylic acids is 1. The molecule has 0 spiro atoms. The van der Waals surface area contributed by atoms with Crippen molar-refractivity contribution in [2.45, 2.75) is 199 Å². The molecule has 0 rings (SSSR count). The first-order chi connectivity index (χ1) is 31.1. The highest BCUT2D eigenvalue weighted by Crippen LogP contribution is 2.13. The summed E-state index contributed by atoms with van der Waals surface area (Å²) >= 11 is 0. The Morgan fingerprint density at radius 3 is 1.34 bits per heavy atom. The third kappa shape index (κ3) is 43.5. The van der Waals surface area contributed by atoms with Gasteiger partial charge in [-0.15, -0.1) is 0 Å². The van der Waals surface area contributed by atoms with Gasteiger partial charge in [0, 0.05) is 19.3 Å². The van der Waals surface area contributed by atoms with E-state index in [9.17, 15) is 19.5 Å². The summed E-state index contributed by atoms with van der Waals surface area (Å²) in [6.45, 7) is 4.54. The van der Waals surface area contributed by atoms with Crippen LogP contribution in [-0.4, -0.2) is 80.6 Å². The van der Waals surface area contributed by atoms with Crippen molar-refractivity contribution in [3.8, 4) is 0 Å². The standard InChI is InChI=1S/C56H93NO7/c1-6-8-10-12-14-16-18-20-22-24-25-26-27-28-29-31-32-34-36-38-40-42-44-46-54(58)63-51-52(50-62-49-48-53(56(60)61)57(3,4)5)64-55(59)47-45-43-41-39-37-35-33-30-23-21-19-17-15-13-11-9-7-2/h8,10,14,16,20-23,25-26,28-29,33,35,39,41,52-53H,6-7,9,11-13,15,17-19,24,27,30-32,34,36-38,40,42-51H2,1-5H3/p+1/b10-8+,16-14+,22-20+,23-21+,26-25+,29-28+,35-33+,41-39+. The lowest BCUT2D eigenvalue weighted by Crippen LogP contribution is -2.50. The smallest absolute Gasteiger partial charge is 0.362 e. The molecule has 0 aliphatic carbocycles. The highest BCUT2D eigenvalue weighted by Gasteiger charge is 2.31. The average molecular weight is 893 g/mol. The first-order valence-corrected chi connectivity index (χ1v) is 25.3. The Kier molecular flexibility index (Phi) is 43.1. The van der Waals surface area contributed by atoms with Crippen molar-refractivity contribution in [1.82, 2.24) is 0 Å². The summed E-state index contributed by atoms with van der Waals surface area (Å²) in [5.74, 6) is -1.56. The number of carboxylic acid groups (broad SMARTS) is 1. The second kappa shape index (κ2) is 45.8. The number of hydrogen-bond acceptors (Lipinski definition) is 6. The number of quaternary nitrogens is 1. The maximum atomic E-state index is 12.8. The third-order valence-electron chi connectivity index (χ3n) is 10.7. The Hall–Kier alpha value is -3.75. The summed E-state index contributed by atoms with van der Waals surface area (Å²) in [6.07, 6.45) is 61.8. The molecule has 0 aromatic carbocycles. The summed E-state index contributed by atoms with van der Waals surface area (Å²) in [5, 5.41) is 9.65. The van der Waals surface area contributed by atoms with Gasteiger partial charge in [-0.05, 0) is 89.9 Å². The molecule has 0 aliphatic heterocycles. The van der Waals surface area contributed by atoms with Crippen molar-refractivity contribution in [1.29, 1.82) is 0 Å². The quantitative estimate of drug-likeness (QED) is 0.0281. The fourth-order valence-electron chi connectivity index (χ4n) is 6.84. The Bertz CT molecular complexity index is 1360. The van der Waals surface area contributed by atoms with Gasteiger partial charge in [-0.1, -0.05) is 175 Å². The second-order valence-corrected chi connectivity index (χ2v) is 17.7. The third-order valence-corrected chi connectivity index (χ3v) is 10.7. The molecule has 364 valence electrons. The highest BCUT2D eigenvalue weighted by molar-refractivity contribution is 5.72. The van der Waals surface area contributed by atoms with E-state index < -0.39 is 18.1 Å². The van der Waals surface area contributed by atoms with Gasteiger partial charge in [0.25, 0.3) is 0 Å². The summed E-state index contributed by atoms with van der Waals surface area (Å²) in [6, 6.07) is -0.631. The zero-order valence-electron chi connectivity index (χ0n) is 41.4. The van der Waals surface area contributed by atoms with Crippen molar-refractivity contribution >= 4 is 17.9 Å².